The van der Waals surface area contributed by atoms with Gasteiger partial charge in [0.15, 0.2) is 0 Å². The molecule has 0 radical (unpaired) electrons. The molecule has 0 amide bonds. The molecule has 1 fully saturated rings. The lowest BCUT2D eigenvalue weighted by molar-refractivity contribution is -0.138. The summed E-state index contributed by atoms with van der Waals surface area (Å²) in [6, 6.07) is 0. The molecule has 0 bridgehead atoms. The SMILES string of the molecule is CC(F)(F)CCN1CCC(CC(=O)O)CC1. The summed E-state index contributed by atoms with van der Waals surface area (Å²) in [6.07, 6.45) is 1.71. The summed E-state index contributed by atoms with van der Waals surface area (Å²) >= 11 is 0. The second-order valence-electron chi connectivity index (χ2n) is 4.70. The minimum atomic E-state index is -2.60. The molecule has 0 saturated carbocycles. The number of carboxylic acids is 1. The number of nitrogens with zero attached hydrogens (tertiary/aromatic N) is 1. The Kier molecular flexibility index (Phi) is 4.65. The number of rotatable bonds is 5. The number of likely N-dealkylation sites (tertiary alicyclic amines) is 1. The van der Waals surface area contributed by atoms with Crippen molar-refractivity contribution in [3.05, 3.63) is 0 Å². The Labute approximate surface area is 94.4 Å². The molecule has 0 aromatic heterocycles. The van der Waals surface area contributed by atoms with Crippen molar-refractivity contribution in [1.82, 2.24) is 4.90 Å². The Morgan fingerprint density at radius 1 is 1.44 bits per heavy atom. The van der Waals surface area contributed by atoms with Gasteiger partial charge in [-0.25, -0.2) is 8.78 Å². The van der Waals surface area contributed by atoms with E-state index in [9.17, 15) is 13.6 Å². The number of alkyl halides is 2. The van der Waals surface area contributed by atoms with Gasteiger partial charge in [-0.2, -0.15) is 0 Å². The van der Waals surface area contributed by atoms with Crippen LogP contribution in [0.2, 0.25) is 0 Å². The fourth-order valence-corrected chi connectivity index (χ4v) is 2.02. The molecule has 0 aromatic rings. The Bertz CT molecular complexity index is 233. The van der Waals surface area contributed by atoms with Crippen molar-refractivity contribution in [2.45, 2.75) is 38.5 Å². The van der Waals surface area contributed by atoms with Crippen LogP contribution in [0.1, 0.15) is 32.6 Å². The van der Waals surface area contributed by atoms with E-state index >= 15 is 0 Å². The molecule has 1 aliphatic heterocycles. The van der Waals surface area contributed by atoms with E-state index in [2.05, 4.69) is 0 Å². The molecule has 1 heterocycles. The van der Waals surface area contributed by atoms with Crippen LogP contribution in [-0.4, -0.2) is 41.5 Å². The number of piperidine rings is 1. The fraction of sp³-hybridized carbons (Fsp3) is 0.909. The third kappa shape index (κ3) is 5.39. The van der Waals surface area contributed by atoms with Crippen molar-refractivity contribution >= 4 is 5.97 Å². The van der Waals surface area contributed by atoms with E-state index in [1.807, 2.05) is 4.90 Å². The van der Waals surface area contributed by atoms with Crippen LogP contribution in [0.4, 0.5) is 8.78 Å². The molecule has 1 aliphatic rings. The minimum Gasteiger partial charge on any atom is -0.481 e. The van der Waals surface area contributed by atoms with Gasteiger partial charge in [0.05, 0.1) is 0 Å². The molecule has 1 saturated heterocycles. The van der Waals surface area contributed by atoms with Crippen LogP contribution in [0.5, 0.6) is 0 Å². The van der Waals surface area contributed by atoms with Gasteiger partial charge in [0, 0.05) is 19.4 Å². The second kappa shape index (κ2) is 5.57. The number of carbonyl (C=O) groups is 1. The van der Waals surface area contributed by atoms with Crippen LogP contribution in [0.25, 0.3) is 0 Å². The summed E-state index contributed by atoms with van der Waals surface area (Å²) in [6.45, 7) is 2.83. The van der Waals surface area contributed by atoms with Crippen molar-refractivity contribution in [3.63, 3.8) is 0 Å². The first-order valence-electron chi connectivity index (χ1n) is 5.69. The normalized spacial score (nSPS) is 19.9. The molecule has 1 N–H and O–H groups in total. The van der Waals surface area contributed by atoms with Crippen LogP contribution < -0.4 is 0 Å². The Morgan fingerprint density at radius 3 is 2.44 bits per heavy atom. The van der Waals surface area contributed by atoms with Gasteiger partial charge in [0.1, 0.15) is 0 Å². The van der Waals surface area contributed by atoms with E-state index in [1.54, 1.807) is 0 Å². The Balaban J connectivity index is 2.19. The van der Waals surface area contributed by atoms with Crippen LogP contribution in [0.15, 0.2) is 0 Å². The number of halogens is 2. The molecular weight excluding hydrogens is 216 g/mol. The molecule has 0 aromatic carbocycles. The predicted molar refractivity (Wildman–Crippen MR) is 56.7 cm³/mol. The van der Waals surface area contributed by atoms with Crippen molar-refractivity contribution in [3.8, 4) is 0 Å². The zero-order valence-electron chi connectivity index (χ0n) is 9.59. The Hall–Kier alpha value is -0.710. The van der Waals surface area contributed by atoms with Gasteiger partial charge in [-0.05, 0) is 38.8 Å². The van der Waals surface area contributed by atoms with Gasteiger partial charge in [-0.15, -0.1) is 0 Å². The molecule has 0 spiro atoms. The number of hydrogen-bond donors (Lipinski definition) is 1. The number of carboxylic acid groups (broad SMARTS) is 1. The van der Waals surface area contributed by atoms with E-state index in [-0.39, 0.29) is 18.8 Å². The first-order valence-corrected chi connectivity index (χ1v) is 5.69. The second-order valence-corrected chi connectivity index (χ2v) is 4.70. The molecule has 3 nitrogen and oxygen atoms in total. The summed E-state index contributed by atoms with van der Waals surface area (Å²) in [5, 5.41) is 8.63. The summed E-state index contributed by atoms with van der Waals surface area (Å²) in [5.74, 6) is -3.15. The largest absolute Gasteiger partial charge is 0.481 e. The lowest BCUT2D eigenvalue weighted by Gasteiger charge is -2.31. The van der Waals surface area contributed by atoms with Crippen molar-refractivity contribution in [2.24, 2.45) is 5.92 Å². The molecule has 94 valence electrons. The minimum absolute atomic E-state index is 0.114. The van der Waals surface area contributed by atoms with Gasteiger partial charge in [0.25, 0.3) is 0 Å². The van der Waals surface area contributed by atoms with E-state index < -0.39 is 11.9 Å². The van der Waals surface area contributed by atoms with Gasteiger partial charge < -0.3 is 10.0 Å². The molecule has 1 rings (SSSR count). The fourth-order valence-electron chi connectivity index (χ4n) is 2.02. The topological polar surface area (TPSA) is 40.5 Å². The quantitative estimate of drug-likeness (QED) is 0.794. The van der Waals surface area contributed by atoms with E-state index in [0.717, 1.165) is 32.9 Å². The highest BCUT2D eigenvalue weighted by molar-refractivity contribution is 5.67. The zero-order chi connectivity index (χ0) is 12.2. The van der Waals surface area contributed by atoms with Gasteiger partial charge in [-0.1, -0.05) is 0 Å². The lowest BCUT2D eigenvalue weighted by atomic mass is 9.93. The molecule has 0 atom stereocenters. The summed E-state index contributed by atoms with van der Waals surface area (Å²) < 4.78 is 25.2. The van der Waals surface area contributed by atoms with Crippen LogP contribution in [-0.2, 0) is 4.79 Å². The van der Waals surface area contributed by atoms with Crippen LogP contribution in [0.3, 0.4) is 0 Å². The highest BCUT2D eigenvalue weighted by Crippen LogP contribution is 2.22. The van der Waals surface area contributed by atoms with Gasteiger partial charge >= 0.3 is 5.97 Å². The number of hydrogen-bond acceptors (Lipinski definition) is 2. The maximum atomic E-state index is 12.6. The zero-order valence-corrected chi connectivity index (χ0v) is 9.59. The van der Waals surface area contributed by atoms with Crippen molar-refractivity contribution in [2.75, 3.05) is 19.6 Å². The average Bonchev–Trinajstić information content (AvgIpc) is 2.14. The van der Waals surface area contributed by atoms with Crippen molar-refractivity contribution in [1.29, 1.82) is 0 Å². The molecular formula is C11H19F2NO2. The van der Waals surface area contributed by atoms with Crippen molar-refractivity contribution < 1.29 is 18.7 Å². The van der Waals surface area contributed by atoms with E-state index in [0.29, 0.717) is 6.54 Å². The molecule has 5 heteroatoms. The number of aliphatic carboxylic acids is 1. The standard InChI is InChI=1S/C11H19F2NO2/c1-11(12,13)4-7-14-5-2-9(3-6-14)8-10(15)16/h9H,2-8H2,1H3,(H,15,16). The third-order valence-corrected chi connectivity index (χ3v) is 3.04. The first-order chi connectivity index (χ1) is 7.37. The smallest absolute Gasteiger partial charge is 0.303 e. The third-order valence-electron chi connectivity index (χ3n) is 3.04. The van der Waals surface area contributed by atoms with Gasteiger partial charge in [0.2, 0.25) is 5.92 Å². The summed E-state index contributed by atoms with van der Waals surface area (Å²) in [4.78, 5) is 12.5. The van der Waals surface area contributed by atoms with Gasteiger partial charge in [-0.3, -0.25) is 4.79 Å². The first kappa shape index (κ1) is 13.4. The molecule has 0 aliphatic carbocycles. The average molecular weight is 235 g/mol. The predicted octanol–water partition coefficient (Wildman–Crippen LogP) is 2.22. The summed E-state index contributed by atoms with van der Waals surface area (Å²) in [5.41, 5.74) is 0. The van der Waals surface area contributed by atoms with E-state index in [4.69, 9.17) is 5.11 Å². The lowest BCUT2D eigenvalue weighted by Crippen LogP contribution is -2.36. The van der Waals surface area contributed by atoms with Crippen LogP contribution >= 0.6 is 0 Å². The van der Waals surface area contributed by atoms with E-state index in [1.165, 1.54) is 0 Å². The summed E-state index contributed by atoms with van der Waals surface area (Å²) in [7, 11) is 0. The highest BCUT2D eigenvalue weighted by Gasteiger charge is 2.25. The highest BCUT2D eigenvalue weighted by atomic mass is 19.3. The van der Waals surface area contributed by atoms with Crippen LogP contribution in [0, 0.1) is 5.92 Å². The Morgan fingerprint density at radius 2 is 2.00 bits per heavy atom. The molecule has 0 unspecified atom stereocenters. The maximum absolute atomic E-state index is 12.6. The monoisotopic (exact) mass is 235 g/mol. The maximum Gasteiger partial charge on any atom is 0.303 e. The molecule has 16 heavy (non-hydrogen) atoms.